The van der Waals surface area contributed by atoms with E-state index in [1.807, 2.05) is 45.0 Å². The number of benzene rings is 1. The molecular formula is C22H30N6O3S. The summed E-state index contributed by atoms with van der Waals surface area (Å²) < 4.78 is 3.37. The minimum absolute atomic E-state index is 0.0239. The largest absolute Gasteiger partial charge is 0.383 e. The number of thioether (sulfide) groups is 1. The van der Waals surface area contributed by atoms with Gasteiger partial charge in [-0.1, -0.05) is 44.2 Å². The quantitative estimate of drug-likeness (QED) is 0.451. The Hall–Kier alpha value is -3.01. The van der Waals surface area contributed by atoms with Crippen LogP contribution in [0.1, 0.15) is 40.0 Å². The van der Waals surface area contributed by atoms with E-state index in [0.29, 0.717) is 25.9 Å². The van der Waals surface area contributed by atoms with Crippen LogP contribution in [-0.4, -0.2) is 37.3 Å². The number of hydrogen-bond acceptors (Lipinski definition) is 6. The fourth-order valence-electron chi connectivity index (χ4n) is 3.63. The number of H-pyrrole nitrogens is 1. The van der Waals surface area contributed by atoms with Crippen LogP contribution in [0.25, 0.3) is 11.0 Å². The smallest absolute Gasteiger partial charge is 0.330 e. The number of nitrogens with one attached hydrogen (secondary N) is 1. The molecule has 1 amide bonds. The molecule has 3 aromatic rings. The van der Waals surface area contributed by atoms with Crippen LogP contribution in [0.2, 0.25) is 0 Å². The summed E-state index contributed by atoms with van der Waals surface area (Å²) in [5.41, 5.74) is 6.94. The van der Waals surface area contributed by atoms with E-state index in [2.05, 4.69) is 14.5 Å². The van der Waals surface area contributed by atoms with Crippen LogP contribution in [0.4, 0.5) is 11.5 Å². The van der Waals surface area contributed by atoms with Gasteiger partial charge in [0.1, 0.15) is 5.82 Å². The number of carbonyl (C=O) groups is 1. The molecule has 2 heterocycles. The number of nitrogens with zero attached hydrogens (tertiary/aromatic N) is 4. The van der Waals surface area contributed by atoms with Gasteiger partial charge in [0.05, 0.1) is 16.8 Å². The second-order valence-electron chi connectivity index (χ2n) is 7.46. The highest BCUT2D eigenvalue weighted by Crippen LogP contribution is 2.25. The van der Waals surface area contributed by atoms with E-state index in [9.17, 15) is 14.4 Å². The highest BCUT2D eigenvalue weighted by molar-refractivity contribution is 7.99. The summed E-state index contributed by atoms with van der Waals surface area (Å²) in [5, 5.41) is 0.746. The molecule has 10 heteroatoms. The molecule has 3 rings (SSSR count). The van der Waals surface area contributed by atoms with E-state index in [4.69, 9.17) is 5.73 Å². The van der Waals surface area contributed by atoms with Gasteiger partial charge in [-0.2, -0.15) is 0 Å². The number of imidazole rings is 1. The molecule has 0 radical (unpaired) electrons. The van der Waals surface area contributed by atoms with Gasteiger partial charge in [0.2, 0.25) is 5.91 Å². The summed E-state index contributed by atoms with van der Waals surface area (Å²) in [6.07, 6.45) is 2.21. The Morgan fingerprint density at radius 1 is 1.16 bits per heavy atom. The molecule has 0 aliphatic carbocycles. The number of aromatic amines is 1. The van der Waals surface area contributed by atoms with Gasteiger partial charge in [-0.25, -0.2) is 9.78 Å². The summed E-state index contributed by atoms with van der Waals surface area (Å²) in [6, 6.07) is 7.84. The van der Waals surface area contributed by atoms with Crippen molar-refractivity contribution in [3.63, 3.8) is 0 Å². The third kappa shape index (κ3) is 4.74. The zero-order chi connectivity index (χ0) is 23.3. The predicted molar refractivity (Wildman–Crippen MR) is 129 cm³/mol. The summed E-state index contributed by atoms with van der Waals surface area (Å²) in [4.78, 5) is 46.5. The Morgan fingerprint density at radius 3 is 2.59 bits per heavy atom. The van der Waals surface area contributed by atoms with E-state index in [1.165, 1.54) is 21.2 Å². The zero-order valence-corrected chi connectivity index (χ0v) is 19.6. The lowest BCUT2D eigenvalue weighted by Gasteiger charge is -2.24. The first-order chi connectivity index (χ1) is 15.4. The van der Waals surface area contributed by atoms with Crippen molar-refractivity contribution in [2.75, 3.05) is 22.9 Å². The van der Waals surface area contributed by atoms with Gasteiger partial charge in [-0.05, 0) is 31.9 Å². The molecule has 0 aliphatic heterocycles. The molecule has 0 fully saturated rings. The van der Waals surface area contributed by atoms with Crippen LogP contribution in [-0.2, 0) is 17.9 Å². The molecule has 0 spiro atoms. The van der Waals surface area contributed by atoms with Crippen molar-refractivity contribution in [1.82, 2.24) is 19.1 Å². The molecule has 9 nitrogen and oxygen atoms in total. The number of aromatic nitrogens is 4. The van der Waals surface area contributed by atoms with Crippen LogP contribution in [0, 0.1) is 0 Å². The highest BCUT2D eigenvalue weighted by Gasteiger charge is 2.24. The van der Waals surface area contributed by atoms with E-state index >= 15 is 0 Å². The first-order valence-electron chi connectivity index (χ1n) is 10.9. The number of fused-ring (bicyclic) bond motifs is 1. The number of aryl methyl sites for hydroxylation is 1. The minimum Gasteiger partial charge on any atom is -0.383 e. The lowest BCUT2D eigenvalue weighted by atomic mass is 10.2. The SMILES string of the molecule is CCCCN(C(=O)CSc1nc2ccccc2n1CC)c1c(N)n(CCC)c(=O)[nH]c1=O. The lowest BCUT2D eigenvalue weighted by Crippen LogP contribution is -2.42. The van der Waals surface area contributed by atoms with E-state index < -0.39 is 11.2 Å². The van der Waals surface area contributed by atoms with Gasteiger partial charge in [0, 0.05) is 19.6 Å². The number of carbonyl (C=O) groups excluding carboxylic acids is 1. The van der Waals surface area contributed by atoms with Crippen LogP contribution >= 0.6 is 11.8 Å². The fourth-order valence-corrected chi connectivity index (χ4v) is 4.59. The first kappa shape index (κ1) is 23.6. The standard InChI is InChI=1S/C22H30N6O3S/c1-4-7-13-27(18-19(23)28(12-5-2)21(31)25-20(18)30)17(29)14-32-22-24-15-10-8-9-11-16(15)26(22)6-3/h8-11H,4-7,12-14,23H2,1-3H3,(H,25,30,31). The zero-order valence-electron chi connectivity index (χ0n) is 18.8. The molecule has 0 bridgehead atoms. The number of hydrogen-bond donors (Lipinski definition) is 2. The van der Waals surface area contributed by atoms with Crippen LogP contribution in [0.3, 0.4) is 0 Å². The van der Waals surface area contributed by atoms with Crippen molar-refractivity contribution >= 4 is 40.2 Å². The lowest BCUT2D eigenvalue weighted by molar-refractivity contribution is -0.116. The van der Waals surface area contributed by atoms with Crippen molar-refractivity contribution in [2.24, 2.45) is 0 Å². The van der Waals surface area contributed by atoms with E-state index in [1.54, 1.807) is 0 Å². The molecule has 0 aliphatic rings. The molecule has 3 N–H and O–H groups in total. The van der Waals surface area contributed by atoms with Gasteiger partial charge in [-0.3, -0.25) is 19.1 Å². The van der Waals surface area contributed by atoms with Crippen molar-refractivity contribution in [3.05, 3.63) is 45.1 Å². The summed E-state index contributed by atoms with van der Waals surface area (Å²) >= 11 is 1.33. The summed E-state index contributed by atoms with van der Waals surface area (Å²) in [6.45, 7) is 7.38. The van der Waals surface area contributed by atoms with Crippen LogP contribution in [0.15, 0.2) is 39.0 Å². The van der Waals surface area contributed by atoms with Crippen molar-refractivity contribution in [1.29, 1.82) is 0 Å². The normalized spacial score (nSPS) is 11.2. The molecule has 172 valence electrons. The van der Waals surface area contributed by atoms with Crippen molar-refractivity contribution in [3.8, 4) is 0 Å². The Kier molecular flexibility index (Phi) is 7.79. The number of anilines is 2. The van der Waals surface area contributed by atoms with Crippen LogP contribution in [0.5, 0.6) is 0 Å². The predicted octanol–water partition coefficient (Wildman–Crippen LogP) is 2.82. The van der Waals surface area contributed by atoms with E-state index in [0.717, 1.165) is 29.2 Å². The third-order valence-electron chi connectivity index (χ3n) is 5.23. The molecule has 0 unspecified atom stereocenters. The Bertz CT molecular complexity index is 1210. The molecule has 32 heavy (non-hydrogen) atoms. The van der Waals surface area contributed by atoms with Gasteiger partial charge in [-0.15, -0.1) is 0 Å². The number of nitrogen functional groups attached to an aromatic ring is 1. The number of nitrogens with two attached hydrogens (primary N) is 1. The van der Waals surface area contributed by atoms with E-state index in [-0.39, 0.29) is 23.2 Å². The monoisotopic (exact) mass is 458 g/mol. The second kappa shape index (κ2) is 10.5. The molecular weight excluding hydrogens is 428 g/mol. The number of unbranched alkanes of at least 4 members (excludes halogenated alkanes) is 1. The maximum Gasteiger partial charge on any atom is 0.330 e. The van der Waals surface area contributed by atoms with Gasteiger partial charge >= 0.3 is 5.69 Å². The average Bonchev–Trinajstić information content (AvgIpc) is 3.14. The van der Waals surface area contributed by atoms with Crippen LogP contribution < -0.4 is 21.9 Å². The summed E-state index contributed by atoms with van der Waals surface area (Å²) in [7, 11) is 0. The average molecular weight is 459 g/mol. The highest BCUT2D eigenvalue weighted by atomic mass is 32.2. The van der Waals surface area contributed by atoms with Crippen molar-refractivity contribution < 1.29 is 4.79 Å². The molecule has 1 aromatic carbocycles. The summed E-state index contributed by atoms with van der Waals surface area (Å²) in [5.74, 6) is -0.133. The Balaban J connectivity index is 1.92. The molecule has 0 atom stereocenters. The molecule has 2 aromatic heterocycles. The Labute approximate surface area is 190 Å². The van der Waals surface area contributed by atoms with Gasteiger partial charge < -0.3 is 15.2 Å². The molecule has 0 saturated carbocycles. The van der Waals surface area contributed by atoms with Gasteiger partial charge in [0.15, 0.2) is 10.8 Å². The molecule has 0 saturated heterocycles. The number of amides is 1. The van der Waals surface area contributed by atoms with Gasteiger partial charge in [0.25, 0.3) is 5.56 Å². The maximum atomic E-state index is 13.3. The second-order valence-corrected chi connectivity index (χ2v) is 8.40. The number of rotatable bonds is 10. The maximum absolute atomic E-state index is 13.3. The fraction of sp³-hybridized carbons (Fsp3) is 0.455. The Morgan fingerprint density at radius 2 is 1.91 bits per heavy atom. The first-order valence-corrected chi connectivity index (χ1v) is 11.9. The number of para-hydroxylation sites is 2. The topological polar surface area (TPSA) is 119 Å². The third-order valence-corrected chi connectivity index (χ3v) is 6.19. The van der Waals surface area contributed by atoms with Crippen molar-refractivity contribution in [2.45, 2.75) is 58.3 Å². The minimum atomic E-state index is -0.643.